The quantitative estimate of drug-likeness (QED) is 0.371. The minimum atomic E-state index is 1.49. The molecule has 0 aliphatic heterocycles. The van der Waals surface area contributed by atoms with Crippen molar-refractivity contribution in [2.75, 3.05) is 0 Å². The van der Waals surface area contributed by atoms with Crippen LogP contribution in [0, 0.1) is 6.58 Å². The molecule has 0 unspecified atom stereocenters. The van der Waals surface area contributed by atoms with Gasteiger partial charge in [-0.1, -0.05) is 0 Å². The molecule has 6 heavy (non-hydrogen) atoms. The molecule has 0 aromatic carbocycles. The van der Waals surface area contributed by atoms with E-state index in [0.717, 1.165) is 0 Å². The molecule has 0 N–H and O–H groups in total. The Labute approximate surface area is 47.1 Å². The predicted molar refractivity (Wildman–Crippen MR) is 24.1 cm³/mol. The van der Waals surface area contributed by atoms with Gasteiger partial charge in [0.25, 0.3) is 0 Å². The first-order valence-corrected chi connectivity index (χ1v) is 2.40. The van der Waals surface area contributed by atoms with E-state index < -0.39 is 0 Å². The first kappa shape index (κ1) is 5.93. The summed E-state index contributed by atoms with van der Waals surface area (Å²) in [5.74, 6) is 0. The molecule has 31 valence electrons. The summed E-state index contributed by atoms with van der Waals surface area (Å²) in [5.41, 5.74) is 0. The molecule has 0 rings (SSSR count). The van der Waals surface area contributed by atoms with Gasteiger partial charge >= 0.3 is 46.5 Å². The fourth-order valence-corrected chi connectivity index (χ4v) is 0.269. The Bertz CT molecular complexity index is 62.0. The maximum atomic E-state index is 4.98. The summed E-state index contributed by atoms with van der Waals surface area (Å²) in [4.78, 5) is 0. The van der Waals surface area contributed by atoms with Gasteiger partial charge in [0, 0.05) is 0 Å². The van der Waals surface area contributed by atoms with E-state index in [2.05, 4.69) is 17.0 Å². The van der Waals surface area contributed by atoms with Crippen LogP contribution in [0.25, 0.3) is 0 Å². The van der Waals surface area contributed by atoms with Crippen LogP contribution in [0.15, 0.2) is 18.2 Å². The van der Waals surface area contributed by atoms with Crippen LogP contribution in [0.5, 0.6) is 0 Å². The molecular weight excluding hydrogens is 111 g/mol. The number of hydrogen-bond acceptors (Lipinski definition) is 0. The van der Waals surface area contributed by atoms with Gasteiger partial charge in [0.2, 0.25) is 0 Å². The van der Waals surface area contributed by atoms with E-state index in [1.54, 1.807) is 6.08 Å². The maximum absolute atomic E-state index is 4.98. The third-order valence-corrected chi connectivity index (χ3v) is 0.577. The van der Waals surface area contributed by atoms with Gasteiger partial charge in [-0.3, -0.25) is 0 Å². The van der Waals surface area contributed by atoms with E-state index >= 15 is 0 Å². The van der Waals surface area contributed by atoms with E-state index in [0.29, 0.717) is 0 Å². The first-order valence-electron chi connectivity index (χ1n) is 1.59. The zero-order valence-electron chi connectivity index (χ0n) is 3.33. The molecule has 0 spiro atoms. The molecule has 0 aliphatic carbocycles. The molecule has 1 heteroatoms. The second-order valence-corrected chi connectivity index (χ2v) is 1.19. The molecule has 0 heterocycles. The topological polar surface area (TPSA) is 0 Å². The third kappa shape index (κ3) is 3.93. The van der Waals surface area contributed by atoms with Gasteiger partial charge in [-0.25, -0.2) is 0 Å². The molecule has 0 saturated carbocycles. The Balaban J connectivity index is 3.17. The molecule has 0 radical (unpaired) electrons. The van der Waals surface area contributed by atoms with Crippen LogP contribution in [0.3, 0.4) is 0 Å². The van der Waals surface area contributed by atoms with Crippen molar-refractivity contribution in [2.24, 2.45) is 0 Å². The van der Waals surface area contributed by atoms with Gasteiger partial charge in [-0.15, -0.1) is 0 Å². The zero-order chi connectivity index (χ0) is 4.83. The summed E-state index contributed by atoms with van der Waals surface area (Å²) in [6, 6.07) is 0. The third-order valence-electron chi connectivity index (χ3n) is 0.308. The van der Waals surface area contributed by atoms with Crippen LogP contribution >= 0.6 is 0 Å². The molecule has 0 aliphatic rings. The fourth-order valence-electron chi connectivity index (χ4n) is 0.114. The van der Waals surface area contributed by atoms with Gasteiger partial charge in [-0.2, -0.15) is 0 Å². The van der Waals surface area contributed by atoms with Crippen molar-refractivity contribution in [2.45, 2.75) is 0 Å². The zero-order valence-corrected chi connectivity index (χ0v) is 4.73. The van der Waals surface area contributed by atoms with Crippen LogP contribution < -0.4 is 0 Å². The Kier molecular flexibility index (Phi) is 4.88. The Morgan fingerprint density at radius 3 is 2.17 bits per heavy atom. The second-order valence-electron chi connectivity index (χ2n) is 0.726. The van der Waals surface area contributed by atoms with Crippen LogP contribution in [0.2, 0.25) is 0 Å². The molecule has 0 atom stereocenters. The van der Waals surface area contributed by atoms with E-state index in [1.807, 2.05) is 10.8 Å². The Morgan fingerprint density at radius 2 is 2.00 bits per heavy atom. The number of allylic oxidation sites excluding steroid dienone is 3. The fraction of sp³-hybridized carbons (Fsp3) is 0. The van der Waals surface area contributed by atoms with Gasteiger partial charge in [0.15, 0.2) is 0 Å². The molecule has 0 saturated heterocycles. The van der Waals surface area contributed by atoms with Gasteiger partial charge < -0.3 is 0 Å². The average molecular weight is 116 g/mol. The van der Waals surface area contributed by atoms with Crippen LogP contribution in [0.1, 0.15) is 0 Å². The summed E-state index contributed by atoms with van der Waals surface area (Å²) in [6.07, 6.45) is 5.10. The average Bonchev–Trinajstić information content (AvgIpc) is 1.61. The van der Waals surface area contributed by atoms with E-state index in [-0.39, 0.29) is 0 Å². The summed E-state index contributed by atoms with van der Waals surface area (Å²) < 4.78 is 1.86. The van der Waals surface area contributed by atoms with Crippen molar-refractivity contribution in [1.29, 1.82) is 0 Å². The number of hydrogen-bond donors (Lipinski definition) is 0. The molecule has 0 aromatic rings. The Hall–Kier alpha value is -0.0656. The first-order chi connectivity index (χ1) is 2.91. The van der Waals surface area contributed by atoms with Crippen molar-refractivity contribution >= 4 is 4.73 Å². The van der Waals surface area contributed by atoms with Gasteiger partial charge in [0.1, 0.15) is 0 Å². The normalized spacial score (nSPS) is 8.50. The second kappa shape index (κ2) is 4.93. The molecule has 0 aromatic heterocycles. The number of rotatable bonds is 2. The van der Waals surface area contributed by atoms with Crippen LogP contribution in [-0.4, -0.2) is 4.73 Å². The van der Waals surface area contributed by atoms with Gasteiger partial charge in [-0.05, 0) is 0 Å². The molecule has 0 amide bonds. The predicted octanol–water partition coefficient (Wildman–Crippen LogP) is 0.881. The standard InChI is InChI=1S/C5H5.V/c1-3-5-4-2;/h1-5H;/q-1;. The van der Waals surface area contributed by atoms with E-state index in [1.165, 1.54) is 6.08 Å². The summed E-state index contributed by atoms with van der Waals surface area (Å²) in [7, 11) is 0. The van der Waals surface area contributed by atoms with Crippen LogP contribution in [-0.2, 0) is 17.0 Å². The molecule has 0 fully saturated rings. The monoisotopic (exact) mass is 116 g/mol. The molecule has 0 bridgehead atoms. The summed E-state index contributed by atoms with van der Waals surface area (Å²) in [6.45, 7) is 4.98. The summed E-state index contributed by atoms with van der Waals surface area (Å²) >= 11 is 2.32. The van der Waals surface area contributed by atoms with Crippen molar-refractivity contribution in [3.8, 4) is 0 Å². The summed E-state index contributed by atoms with van der Waals surface area (Å²) in [5, 5.41) is 0. The molecule has 0 nitrogen and oxygen atoms in total. The SMILES string of the molecule is [CH-]=CC=C[CH]=[V]. The van der Waals surface area contributed by atoms with E-state index in [9.17, 15) is 0 Å². The van der Waals surface area contributed by atoms with Gasteiger partial charge in [0.05, 0.1) is 0 Å². The van der Waals surface area contributed by atoms with Crippen molar-refractivity contribution in [1.82, 2.24) is 0 Å². The van der Waals surface area contributed by atoms with Crippen molar-refractivity contribution in [3.63, 3.8) is 0 Å². The van der Waals surface area contributed by atoms with Crippen molar-refractivity contribution < 1.29 is 17.0 Å². The van der Waals surface area contributed by atoms with E-state index in [4.69, 9.17) is 6.58 Å². The minimum absolute atomic E-state index is 1.49. The van der Waals surface area contributed by atoms with Crippen molar-refractivity contribution in [3.05, 3.63) is 24.8 Å². The van der Waals surface area contributed by atoms with Crippen LogP contribution in [0.4, 0.5) is 0 Å². The molecular formula is C5H5V-. The Morgan fingerprint density at radius 1 is 1.33 bits per heavy atom.